The molecule has 1 aliphatic rings. The lowest BCUT2D eigenvalue weighted by Crippen LogP contribution is -2.36. The standard InChI is InChI=1S/C15H24N2O2S/c1-2-20(18)12-7-16-13-14-3-5-15(6-4-14)17-8-10-19-11-9-17/h3-6,16H,2,7-13H2,1H3. The van der Waals surface area contributed by atoms with Gasteiger partial charge in [0.05, 0.1) is 13.2 Å². The van der Waals surface area contributed by atoms with Gasteiger partial charge < -0.3 is 15.0 Å². The molecule has 0 aromatic heterocycles. The minimum absolute atomic E-state index is 0.673. The number of nitrogens with zero attached hydrogens (tertiary/aromatic N) is 1. The maximum Gasteiger partial charge on any atom is 0.0642 e. The van der Waals surface area contributed by atoms with Crippen LogP contribution < -0.4 is 10.2 Å². The van der Waals surface area contributed by atoms with Crippen LogP contribution in [-0.2, 0) is 22.1 Å². The molecule has 112 valence electrons. The lowest BCUT2D eigenvalue weighted by molar-refractivity contribution is 0.122. The normalized spacial score (nSPS) is 17.1. The first kappa shape index (κ1) is 15.5. The van der Waals surface area contributed by atoms with Crippen molar-refractivity contribution in [1.29, 1.82) is 0 Å². The second kappa shape index (κ2) is 8.39. The van der Waals surface area contributed by atoms with Crippen LogP contribution in [0.2, 0.25) is 0 Å². The Kier molecular flexibility index (Phi) is 6.50. The van der Waals surface area contributed by atoms with Crippen LogP contribution in [0, 0.1) is 0 Å². The highest BCUT2D eigenvalue weighted by Gasteiger charge is 2.10. The Bertz CT molecular complexity index is 416. The SMILES string of the molecule is CCS(=O)CCNCc1ccc(N2CCOCC2)cc1. The lowest BCUT2D eigenvalue weighted by Gasteiger charge is -2.28. The largest absolute Gasteiger partial charge is 0.378 e. The van der Waals surface area contributed by atoms with E-state index in [0.717, 1.165) is 50.9 Å². The van der Waals surface area contributed by atoms with E-state index in [1.54, 1.807) is 0 Å². The highest BCUT2D eigenvalue weighted by atomic mass is 32.2. The molecular weight excluding hydrogens is 272 g/mol. The molecule has 1 N–H and O–H groups in total. The quantitative estimate of drug-likeness (QED) is 0.772. The maximum atomic E-state index is 11.3. The van der Waals surface area contributed by atoms with Gasteiger partial charge >= 0.3 is 0 Å². The lowest BCUT2D eigenvalue weighted by atomic mass is 10.2. The van der Waals surface area contributed by atoms with Crippen LogP contribution in [0.3, 0.4) is 0 Å². The molecule has 1 saturated heterocycles. The Morgan fingerprint density at radius 1 is 1.25 bits per heavy atom. The second-order valence-electron chi connectivity index (χ2n) is 4.88. The summed E-state index contributed by atoms with van der Waals surface area (Å²) in [4.78, 5) is 2.35. The Balaban J connectivity index is 1.75. The highest BCUT2D eigenvalue weighted by molar-refractivity contribution is 7.84. The zero-order valence-electron chi connectivity index (χ0n) is 12.1. The second-order valence-corrected chi connectivity index (χ2v) is 6.74. The van der Waals surface area contributed by atoms with Gasteiger partial charge in [0.2, 0.25) is 0 Å². The van der Waals surface area contributed by atoms with Gasteiger partial charge in [-0.2, -0.15) is 0 Å². The number of hydrogen-bond donors (Lipinski definition) is 1. The van der Waals surface area contributed by atoms with Crippen LogP contribution in [0.5, 0.6) is 0 Å². The predicted octanol–water partition coefficient (Wildman–Crippen LogP) is 1.38. The Morgan fingerprint density at radius 3 is 2.60 bits per heavy atom. The third kappa shape index (κ3) is 4.89. The van der Waals surface area contributed by atoms with Gasteiger partial charge in [-0.1, -0.05) is 19.1 Å². The summed E-state index contributed by atoms with van der Waals surface area (Å²) in [5.41, 5.74) is 2.54. The monoisotopic (exact) mass is 296 g/mol. The van der Waals surface area contributed by atoms with Crippen molar-refractivity contribution < 1.29 is 8.95 Å². The van der Waals surface area contributed by atoms with Gasteiger partial charge in [-0.3, -0.25) is 4.21 Å². The van der Waals surface area contributed by atoms with E-state index in [9.17, 15) is 4.21 Å². The fraction of sp³-hybridized carbons (Fsp3) is 0.600. The van der Waals surface area contributed by atoms with Crippen LogP contribution in [0.4, 0.5) is 5.69 Å². The Morgan fingerprint density at radius 2 is 1.95 bits per heavy atom. The number of nitrogens with one attached hydrogen (secondary N) is 1. The molecule has 0 amide bonds. The number of rotatable bonds is 7. The van der Waals surface area contributed by atoms with Crippen LogP contribution in [0.1, 0.15) is 12.5 Å². The highest BCUT2D eigenvalue weighted by Crippen LogP contribution is 2.16. The molecule has 5 heteroatoms. The molecule has 20 heavy (non-hydrogen) atoms. The summed E-state index contributed by atoms with van der Waals surface area (Å²) in [6.07, 6.45) is 0. The fourth-order valence-electron chi connectivity index (χ4n) is 2.21. The molecule has 4 nitrogen and oxygen atoms in total. The molecule has 1 heterocycles. The molecule has 0 aliphatic carbocycles. The average molecular weight is 296 g/mol. The van der Waals surface area contributed by atoms with Crippen molar-refractivity contribution in [3.05, 3.63) is 29.8 Å². The molecule has 0 radical (unpaired) electrons. The average Bonchev–Trinajstić information content (AvgIpc) is 2.52. The Hall–Kier alpha value is -0.910. The van der Waals surface area contributed by atoms with E-state index in [2.05, 4.69) is 34.5 Å². The van der Waals surface area contributed by atoms with Gasteiger partial charge in [0.25, 0.3) is 0 Å². The number of benzene rings is 1. The number of hydrogen-bond acceptors (Lipinski definition) is 4. The summed E-state index contributed by atoms with van der Waals surface area (Å²) in [6.45, 7) is 7.19. The van der Waals surface area contributed by atoms with E-state index in [1.807, 2.05) is 6.92 Å². The molecule has 2 rings (SSSR count). The van der Waals surface area contributed by atoms with Crippen molar-refractivity contribution in [2.75, 3.05) is 49.3 Å². The Labute approximate surface area is 124 Å². The molecule has 1 aromatic carbocycles. The maximum absolute atomic E-state index is 11.3. The van der Waals surface area contributed by atoms with Crippen molar-refractivity contribution >= 4 is 16.5 Å². The van der Waals surface area contributed by atoms with Crippen molar-refractivity contribution in [1.82, 2.24) is 5.32 Å². The van der Waals surface area contributed by atoms with Crippen LogP contribution in [-0.4, -0.2) is 48.6 Å². The number of morpholine rings is 1. The predicted molar refractivity (Wildman–Crippen MR) is 84.7 cm³/mol. The van der Waals surface area contributed by atoms with E-state index in [-0.39, 0.29) is 0 Å². The van der Waals surface area contributed by atoms with Gasteiger partial charge in [0.1, 0.15) is 0 Å². The summed E-state index contributed by atoms with van der Waals surface area (Å²) >= 11 is 0. The molecular formula is C15H24N2O2S. The van der Waals surface area contributed by atoms with Crippen molar-refractivity contribution in [3.8, 4) is 0 Å². The first-order valence-electron chi connectivity index (χ1n) is 7.27. The zero-order valence-corrected chi connectivity index (χ0v) is 13.0. The summed E-state index contributed by atoms with van der Waals surface area (Å²) in [6, 6.07) is 8.67. The third-order valence-electron chi connectivity index (χ3n) is 3.47. The molecule has 0 saturated carbocycles. The number of anilines is 1. The van der Waals surface area contributed by atoms with Crippen LogP contribution in [0.15, 0.2) is 24.3 Å². The summed E-state index contributed by atoms with van der Waals surface area (Å²) < 4.78 is 16.7. The van der Waals surface area contributed by atoms with Crippen molar-refractivity contribution in [3.63, 3.8) is 0 Å². The van der Waals surface area contributed by atoms with E-state index in [4.69, 9.17) is 4.74 Å². The van der Waals surface area contributed by atoms with Crippen molar-refractivity contribution in [2.24, 2.45) is 0 Å². The number of ether oxygens (including phenoxy) is 1. The minimum Gasteiger partial charge on any atom is -0.378 e. The zero-order chi connectivity index (χ0) is 14.2. The van der Waals surface area contributed by atoms with E-state index >= 15 is 0 Å². The summed E-state index contributed by atoms with van der Waals surface area (Å²) in [7, 11) is -0.673. The first-order chi connectivity index (χ1) is 9.79. The van der Waals surface area contributed by atoms with Crippen molar-refractivity contribution in [2.45, 2.75) is 13.5 Å². The van der Waals surface area contributed by atoms with Gasteiger partial charge in [-0.25, -0.2) is 0 Å². The van der Waals surface area contributed by atoms with Gasteiger partial charge in [0.15, 0.2) is 0 Å². The summed E-state index contributed by atoms with van der Waals surface area (Å²) in [5.74, 6) is 1.48. The molecule has 1 aromatic rings. The molecule has 0 bridgehead atoms. The van der Waals surface area contributed by atoms with Gasteiger partial charge in [0, 0.05) is 54.2 Å². The van der Waals surface area contributed by atoms with Gasteiger partial charge in [-0.15, -0.1) is 0 Å². The van der Waals surface area contributed by atoms with E-state index < -0.39 is 10.8 Å². The van der Waals surface area contributed by atoms with E-state index in [0.29, 0.717) is 0 Å². The summed E-state index contributed by atoms with van der Waals surface area (Å²) in [5, 5.41) is 3.34. The topological polar surface area (TPSA) is 41.6 Å². The molecule has 0 spiro atoms. The molecule has 1 aliphatic heterocycles. The molecule has 1 atom stereocenters. The van der Waals surface area contributed by atoms with Crippen LogP contribution in [0.25, 0.3) is 0 Å². The van der Waals surface area contributed by atoms with E-state index in [1.165, 1.54) is 11.3 Å². The van der Waals surface area contributed by atoms with Gasteiger partial charge in [-0.05, 0) is 17.7 Å². The van der Waals surface area contributed by atoms with Crippen LogP contribution >= 0.6 is 0 Å². The molecule has 1 fully saturated rings. The third-order valence-corrected chi connectivity index (χ3v) is 4.77. The smallest absolute Gasteiger partial charge is 0.0642 e. The fourth-order valence-corrected chi connectivity index (χ4v) is 2.87. The first-order valence-corrected chi connectivity index (χ1v) is 8.75. The minimum atomic E-state index is -0.673. The molecule has 1 unspecified atom stereocenters.